The molecule has 1 amide bonds. The molecule has 0 saturated carbocycles. The minimum absolute atomic E-state index is 0.0211. The number of hydrogen-bond donors (Lipinski definition) is 1. The first-order chi connectivity index (χ1) is 8.63. The maximum Gasteiger partial charge on any atom is 0.254 e. The van der Waals surface area contributed by atoms with Gasteiger partial charge in [0.15, 0.2) is 0 Å². The number of amides is 1. The summed E-state index contributed by atoms with van der Waals surface area (Å²) in [5, 5.41) is 9.17. The molecule has 0 aromatic heterocycles. The highest BCUT2D eigenvalue weighted by Crippen LogP contribution is 2.18. The second-order valence-electron chi connectivity index (χ2n) is 4.04. The summed E-state index contributed by atoms with van der Waals surface area (Å²) >= 11 is 5.57. The minimum atomic E-state index is -0.628. The van der Waals surface area contributed by atoms with Gasteiger partial charge in [0.2, 0.25) is 0 Å². The van der Waals surface area contributed by atoms with Crippen molar-refractivity contribution in [2.45, 2.75) is 6.04 Å². The Bertz CT molecular complexity index is 455. The first kappa shape index (κ1) is 13.3. The Morgan fingerprint density at radius 1 is 1.61 bits per heavy atom. The van der Waals surface area contributed by atoms with E-state index < -0.39 is 5.82 Å². The van der Waals surface area contributed by atoms with Crippen LogP contribution in [-0.4, -0.2) is 48.3 Å². The molecule has 1 saturated heterocycles. The van der Waals surface area contributed by atoms with Crippen molar-refractivity contribution in [2.24, 2.45) is 0 Å². The molecule has 1 aromatic rings. The van der Waals surface area contributed by atoms with Crippen molar-refractivity contribution < 1.29 is 19.0 Å². The normalized spacial score (nSPS) is 19.9. The summed E-state index contributed by atoms with van der Waals surface area (Å²) in [5.74, 6) is -0.954. The molecule has 1 fully saturated rings. The third-order valence-electron chi connectivity index (χ3n) is 2.87. The van der Waals surface area contributed by atoms with Crippen LogP contribution in [0.5, 0.6) is 0 Å². The van der Waals surface area contributed by atoms with Gasteiger partial charge < -0.3 is 14.7 Å². The van der Waals surface area contributed by atoms with Crippen LogP contribution < -0.4 is 0 Å². The SMILES string of the molecule is O=C(c1ccc(Cl)c(F)c1)N1CCOCC1CO. The van der Waals surface area contributed by atoms with Crippen LogP contribution in [0.2, 0.25) is 5.02 Å². The molecule has 1 heterocycles. The van der Waals surface area contributed by atoms with Gasteiger partial charge in [0.1, 0.15) is 5.82 Å². The molecule has 1 aliphatic rings. The zero-order chi connectivity index (χ0) is 13.1. The first-order valence-electron chi connectivity index (χ1n) is 5.58. The molecule has 0 bridgehead atoms. The lowest BCUT2D eigenvalue weighted by Gasteiger charge is -2.34. The van der Waals surface area contributed by atoms with Gasteiger partial charge in [0.05, 0.1) is 30.9 Å². The van der Waals surface area contributed by atoms with E-state index in [-0.39, 0.29) is 35.7 Å². The van der Waals surface area contributed by atoms with Gasteiger partial charge in [0, 0.05) is 12.1 Å². The number of benzene rings is 1. The predicted octanol–water partition coefficient (Wildman–Crippen LogP) is 1.31. The number of nitrogens with zero attached hydrogens (tertiary/aromatic N) is 1. The van der Waals surface area contributed by atoms with Gasteiger partial charge in [0.25, 0.3) is 5.91 Å². The Morgan fingerprint density at radius 3 is 3.06 bits per heavy atom. The van der Waals surface area contributed by atoms with E-state index in [1.807, 2.05) is 0 Å². The average molecular weight is 274 g/mol. The maximum absolute atomic E-state index is 13.3. The fourth-order valence-corrected chi connectivity index (χ4v) is 1.99. The highest BCUT2D eigenvalue weighted by molar-refractivity contribution is 6.30. The Labute approximate surface area is 109 Å². The van der Waals surface area contributed by atoms with E-state index in [4.69, 9.17) is 16.3 Å². The lowest BCUT2D eigenvalue weighted by Crippen LogP contribution is -2.50. The summed E-state index contributed by atoms with van der Waals surface area (Å²) < 4.78 is 18.5. The van der Waals surface area contributed by atoms with Crippen LogP contribution in [0.4, 0.5) is 4.39 Å². The summed E-state index contributed by atoms with van der Waals surface area (Å²) in [4.78, 5) is 13.7. The third kappa shape index (κ3) is 2.63. The number of ether oxygens (including phenoxy) is 1. The molecule has 0 radical (unpaired) electrons. The van der Waals surface area contributed by atoms with Crippen molar-refractivity contribution >= 4 is 17.5 Å². The van der Waals surface area contributed by atoms with Crippen LogP contribution in [0.3, 0.4) is 0 Å². The van der Waals surface area contributed by atoms with Crippen molar-refractivity contribution in [3.63, 3.8) is 0 Å². The second-order valence-corrected chi connectivity index (χ2v) is 4.45. The van der Waals surface area contributed by atoms with Crippen molar-refractivity contribution in [1.29, 1.82) is 0 Å². The van der Waals surface area contributed by atoms with E-state index in [2.05, 4.69) is 0 Å². The van der Waals surface area contributed by atoms with Crippen molar-refractivity contribution in [1.82, 2.24) is 4.90 Å². The minimum Gasteiger partial charge on any atom is -0.394 e. The van der Waals surface area contributed by atoms with Gasteiger partial charge in [-0.1, -0.05) is 11.6 Å². The van der Waals surface area contributed by atoms with E-state index in [9.17, 15) is 14.3 Å². The molecule has 6 heteroatoms. The lowest BCUT2D eigenvalue weighted by molar-refractivity contribution is -0.0184. The fourth-order valence-electron chi connectivity index (χ4n) is 1.87. The van der Waals surface area contributed by atoms with Gasteiger partial charge in [-0.25, -0.2) is 4.39 Å². The van der Waals surface area contributed by atoms with Crippen molar-refractivity contribution in [2.75, 3.05) is 26.4 Å². The first-order valence-corrected chi connectivity index (χ1v) is 5.96. The summed E-state index contributed by atoms with van der Waals surface area (Å²) in [6, 6.07) is 3.54. The third-order valence-corrected chi connectivity index (χ3v) is 3.17. The molecule has 0 aliphatic carbocycles. The Kier molecular flexibility index (Phi) is 4.16. The molecule has 1 atom stereocenters. The van der Waals surface area contributed by atoms with Crippen LogP contribution in [-0.2, 0) is 4.74 Å². The smallest absolute Gasteiger partial charge is 0.254 e. The molecule has 1 aliphatic heterocycles. The maximum atomic E-state index is 13.3. The number of morpholine rings is 1. The largest absolute Gasteiger partial charge is 0.394 e. The molecular weight excluding hydrogens is 261 g/mol. The number of hydrogen-bond acceptors (Lipinski definition) is 3. The van der Waals surface area contributed by atoms with E-state index in [0.717, 1.165) is 6.07 Å². The molecule has 18 heavy (non-hydrogen) atoms. The Hall–Kier alpha value is -1.17. The summed E-state index contributed by atoms with van der Waals surface area (Å²) in [5.41, 5.74) is 0.220. The lowest BCUT2D eigenvalue weighted by atomic mass is 10.1. The molecule has 98 valence electrons. The van der Waals surface area contributed by atoms with Crippen LogP contribution in [0.15, 0.2) is 18.2 Å². The van der Waals surface area contributed by atoms with Crippen molar-refractivity contribution in [3.05, 3.63) is 34.6 Å². The highest BCUT2D eigenvalue weighted by Gasteiger charge is 2.27. The van der Waals surface area contributed by atoms with E-state index >= 15 is 0 Å². The quantitative estimate of drug-likeness (QED) is 0.884. The number of halogens is 2. The standard InChI is InChI=1S/C12H13ClFNO3/c13-10-2-1-8(5-11(10)14)12(17)15-3-4-18-7-9(15)6-16/h1-2,5,9,16H,3-4,6-7H2. The number of aliphatic hydroxyl groups is 1. The Balaban J connectivity index is 2.21. The van der Waals surface area contributed by atoms with E-state index in [0.29, 0.717) is 13.2 Å². The van der Waals surface area contributed by atoms with E-state index in [1.54, 1.807) is 0 Å². The molecule has 0 spiro atoms. The van der Waals surface area contributed by atoms with Crippen LogP contribution in [0.25, 0.3) is 0 Å². The molecule has 1 unspecified atom stereocenters. The van der Waals surface area contributed by atoms with Crippen LogP contribution >= 0.6 is 11.6 Å². The number of carbonyl (C=O) groups is 1. The predicted molar refractivity (Wildman–Crippen MR) is 64.1 cm³/mol. The van der Waals surface area contributed by atoms with E-state index in [1.165, 1.54) is 17.0 Å². The highest BCUT2D eigenvalue weighted by atomic mass is 35.5. The number of aliphatic hydroxyl groups excluding tert-OH is 1. The molecular formula is C12H13ClFNO3. The monoisotopic (exact) mass is 273 g/mol. The zero-order valence-corrected chi connectivity index (χ0v) is 10.4. The Morgan fingerprint density at radius 2 is 2.39 bits per heavy atom. The molecule has 1 aromatic carbocycles. The topological polar surface area (TPSA) is 49.8 Å². The average Bonchev–Trinajstić information content (AvgIpc) is 2.41. The zero-order valence-electron chi connectivity index (χ0n) is 9.60. The van der Waals surface area contributed by atoms with Crippen LogP contribution in [0.1, 0.15) is 10.4 Å². The fraction of sp³-hybridized carbons (Fsp3) is 0.417. The van der Waals surface area contributed by atoms with Gasteiger partial charge in [-0.2, -0.15) is 0 Å². The van der Waals surface area contributed by atoms with Gasteiger partial charge in [-0.3, -0.25) is 4.79 Å². The number of rotatable bonds is 2. The van der Waals surface area contributed by atoms with Crippen molar-refractivity contribution in [3.8, 4) is 0 Å². The van der Waals surface area contributed by atoms with Crippen LogP contribution in [0, 0.1) is 5.82 Å². The van der Waals surface area contributed by atoms with Gasteiger partial charge >= 0.3 is 0 Å². The molecule has 1 N–H and O–H groups in total. The molecule has 2 rings (SSSR count). The summed E-state index contributed by atoms with van der Waals surface area (Å²) in [6.45, 7) is 0.909. The summed E-state index contributed by atoms with van der Waals surface area (Å²) in [7, 11) is 0. The van der Waals surface area contributed by atoms with Gasteiger partial charge in [-0.05, 0) is 18.2 Å². The number of carbonyl (C=O) groups excluding carboxylic acids is 1. The summed E-state index contributed by atoms with van der Waals surface area (Å²) in [6.07, 6.45) is 0. The second kappa shape index (κ2) is 5.65. The molecule has 4 nitrogen and oxygen atoms in total. The van der Waals surface area contributed by atoms with Gasteiger partial charge in [-0.15, -0.1) is 0 Å².